The first-order valence-corrected chi connectivity index (χ1v) is 10.8. The van der Waals surface area contributed by atoms with Crippen LogP contribution in [0.2, 0.25) is 0 Å². The molecule has 2 saturated heterocycles. The fraction of sp³-hybridized carbons (Fsp3) is 0.409. The van der Waals surface area contributed by atoms with Gasteiger partial charge in [0.15, 0.2) is 0 Å². The maximum Gasteiger partial charge on any atom is 0.407 e. The van der Waals surface area contributed by atoms with E-state index in [0.29, 0.717) is 37.6 Å². The number of nitrogens with two attached hydrogens (primary N) is 2. The van der Waals surface area contributed by atoms with Crippen LogP contribution in [0.1, 0.15) is 23.2 Å². The molecule has 2 fully saturated rings. The zero-order valence-electron chi connectivity index (χ0n) is 17.9. The number of benzene rings is 1. The van der Waals surface area contributed by atoms with Crippen LogP contribution in [0, 0.1) is 0 Å². The van der Waals surface area contributed by atoms with E-state index in [1.807, 2.05) is 30.3 Å². The number of amides is 2. The number of piperidine rings is 1. The van der Waals surface area contributed by atoms with Crippen LogP contribution in [0.15, 0.2) is 36.4 Å². The molecule has 6 N–H and O–H groups in total. The molecule has 10 heteroatoms. The van der Waals surface area contributed by atoms with Crippen molar-refractivity contribution in [2.75, 3.05) is 54.4 Å². The van der Waals surface area contributed by atoms with Crippen molar-refractivity contribution in [3.8, 4) is 0 Å². The van der Waals surface area contributed by atoms with Crippen LogP contribution < -0.4 is 26.6 Å². The molecule has 2 aromatic rings. The summed E-state index contributed by atoms with van der Waals surface area (Å²) in [7, 11) is 0. The Labute approximate surface area is 186 Å². The zero-order valence-corrected chi connectivity index (χ0v) is 17.9. The van der Waals surface area contributed by atoms with E-state index in [9.17, 15) is 9.59 Å². The molecular weight excluding hydrogens is 410 g/mol. The van der Waals surface area contributed by atoms with Crippen molar-refractivity contribution >= 4 is 35.0 Å². The highest BCUT2D eigenvalue weighted by atomic mass is 16.4. The van der Waals surface area contributed by atoms with Crippen LogP contribution in [-0.4, -0.2) is 72.3 Å². The molecule has 3 heterocycles. The highest BCUT2D eigenvalue weighted by Crippen LogP contribution is 2.26. The third-order valence-electron chi connectivity index (χ3n) is 5.97. The van der Waals surface area contributed by atoms with Gasteiger partial charge in [-0.2, -0.15) is 0 Å². The van der Waals surface area contributed by atoms with Crippen LogP contribution in [-0.2, 0) is 0 Å². The number of nitrogens with zero attached hydrogens (tertiary/aromatic N) is 4. The topological polar surface area (TPSA) is 141 Å². The second kappa shape index (κ2) is 9.31. The summed E-state index contributed by atoms with van der Waals surface area (Å²) in [5.41, 5.74) is 13.8. The van der Waals surface area contributed by atoms with Crippen molar-refractivity contribution in [1.29, 1.82) is 0 Å². The largest absolute Gasteiger partial charge is 0.465 e. The average molecular weight is 440 g/mol. The summed E-state index contributed by atoms with van der Waals surface area (Å²) < 4.78 is 0. The fourth-order valence-corrected chi connectivity index (χ4v) is 4.19. The van der Waals surface area contributed by atoms with Crippen molar-refractivity contribution in [1.82, 2.24) is 9.88 Å². The molecule has 0 radical (unpaired) electrons. The minimum absolute atomic E-state index is 0.114. The average Bonchev–Trinajstić information content (AvgIpc) is 2.79. The highest BCUT2D eigenvalue weighted by molar-refractivity contribution is 5.98. The summed E-state index contributed by atoms with van der Waals surface area (Å²) in [4.78, 5) is 33.4. The molecule has 1 unspecified atom stereocenters. The lowest BCUT2D eigenvalue weighted by Crippen LogP contribution is -2.48. The third-order valence-corrected chi connectivity index (χ3v) is 5.97. The minimum Gasteiger partial charge on any atom is -0.465 e. The molecule has 0 bridgehead atoms. The Morgan fingerprint density at radius 1 is 1.00 bits per heavy atom. The van der Waals surface area contributed by atoms with Gasteiger partial charge in [0.05, 0.1) is 5.56 Å². The number of carbonyl (C=O) groups is 2. The molecule has 1 atom stereocenters. The van der Waals surface area contributed by atoms with E-state index in [-0.39, 0.29) is 6.04 Å². The van der Waals surface area contributed by atoms with E-state index < -0.39 is 12.0 Å². The summed E-state index contributed by atoms with van der Waals surface area (Å²) in [6, 6.07) is 11.4. The maximum absolute atomic E-state index is 11.9. The predicted molar refractivity (Wildman–Crippen MR) is 124 cm³/mol. The molecule has 1 aromatic heterocycles. The lowest BCUT2D eigenvalue weighted by molar-refractivity contribution is 0.100. The van der Waals surface area contributed by atoms with Gasteiger partial charge >= 0.3 is 6.09 Å². The molecule has 2 aliphatic heterocycles. The second-order valence-corrected chi connectivity index (χ2v) is 8.21. The molecule has 4 rings (SSSR count). The molecule has 0 aliphatic carbocycles. The van der Waals surface area contributed by atoms with Crippen molar-refractivity contribution in [2.45, 2.75) is 18.9 Å². The Kier molecular flexibility index (Phi) is 6.31. The lowest BCUT2D eigenvalue weighted by atomic mass is 10.1. The number of pyridine rings is 1. The number of primary amides is 1. The van der Waals surface area contributed by atoms with Crippen LogP contribution in [0.25, 0.3) is 0 Å². The number of anilines is 4. The Balaban J connectivity index is 1.48. The van der Waals surface area contributed by atoms with E-state index in [1.165, 1.54) is 4.90 Å². The summed E-state index contributed by atoms with van der Waals surface area (Å²) in [6.07, 6.45) is 1.13. The first-order valence-electron chi connectivity index (χ1n) is 10.8. The van der Waals surface area contributed by atoms with Gasteiger partial charge in [-0.1, -0.05) is 0 Å². The quantitative estimate of drug-likeness (QED) is 0.551. The molecular formula is C22H29N7O3. The number of hydrogen-bond donors (Lipinski definition) is 4. The number of piperazine rings is 1. The molecule has 0 saturated carbocycles. The van der Waals surface area contributed by atoms with Gasteiger partial charge in [0.1, 0.15) is 11.6 Å². The number of carbonyl (C=O) groups excluding carboxylic acids is 1. The van der Waals surface area contributed by atoms with Crippen molar-refractivity contribution in [2.24, 2.45) is 11.5 Å². The highest BCUT2D eigenvalue weighted by Gasteiger charge is 2.22. The van der Waals surface area contributed by atoms with Crippen LogP contribution in [0.4, 0.5) is 27.8 Å². The second-order valence-electron chi connectivity index (χ2n) is 8.21. The molecule has 2 amide bonds. The van der Waals surface area contributed by atoms with Gasteiger partial charge < -0.3 is 36.6 Å². The summed E-state index contributed by atoms with van der Waals surface area (Å²) in [5, 5.41) is 12.3. The molecule has 2 aliphatic rings. The number of rotatable bonds is 5. The molecule has 170 valence electrons. The molecule has 0 spiro atoms. The number of nitrogens with one attached hydrogen (secondary N) is 1. The Hall–Kier alpha value is -3.53. The monoisotopic (exact) mass is 439 g/mol. The predicted octanol–water partition coefficient (Wildman–Crippen LogP) is 1.65. The number of aromatic nitrogens is 1. The fourth-order valence-electron chi connectivity index (χ4n) is 4.19. The number of carboxylic acid groups (broad SMARTS) is 1. The van der Waals surface area contributed by atoms with Crippen molar-refractivity contribution in [3.05, 3.63) is 42.0 Å². The Morgan fingerprint density at radius 2 is 1.72 bits per heavy atom. The smallest absolute Gasteiger partial charge is 0.407 e. The van der Waals surface area contributed by atoms with E-state index in [2.05, 4.69) is 20.1 Å². The Bertz CT molecular complexity index is 974. The van der Waals surface area contributed by atoms with Crippen LogP contribution >= 0.6 is 0 Å². The van der Waals surface area contributed by atoms with E-state index in [1.54, 1.807) is 6.07 Å². The van der Waals surface area contributed by atoms with Crippen molar-refractivity contribution in [3.63, 3.8) is 0 Å². The van der Waals surface area contributed by atoms with Gasteiger partial charge in [-0.15, -0.1) is 0 Å². The molecule has 1 aromatic carbocycles. The summed E-state index contributed by atoms with van der Waals surface area (Å²) in [6.45, 7) is 3.85. The van der Waals surface area contributed by atoms with Gasteiger partial charge in [0.25, 0.3) is 5.91 Å². The van der Waals surface area contributed by atoms with Crippen molar-refractivity contribution < 1.29 is 14.7 Å². The Morgan fingerprint density at radius 3 is 2.34 bits per heavy atom. The first kappa shape index (κ1) is 21.7. The van der Waals surface area contributed by atoms with Gasteiger partial charge in [0, 0.05) is 56.7 Å². The van der Waals surface area contributed by atoms with Crippen LogP contribution in [0.5, 0.6) is 0 Å². The maximum atomic E-state index is 11.9. The minimum atomic E-state index is -0.879. The first-order chi connectivity index (χ1) is 15.4. The third kappa shape index (κ3) is 4.86. The zero-order chi connectivity index (χ0) is 22.7. The summed E-state index contributed by atoms with van der Waals surface area (Å²) >= 11 is 0. The molecule has 10 nitrogen and oxygen atoms in total. The SMILES string of the molecule is NC(=O)c1ccc(N2CCCC(N)C2)nc1Nc1ccc(N2CCN(C(=O)O)CC2)cc1. The number of hydrogen-bond acceptors (Lipinski definition) is 7. The van der Waals surface area contributed by atoms with Crippen LogP contribution in [0.3, 0.4) is 0 Å². The lowest BCUT2D eigenvalue weighted by Gasteiger charge is -2.34. The van der Waals surface area contributed by atoms with Gasteiger partial charge in [-0.25, -0.2) is 9.78 Å². The van der Waals surface area contributed by atoms with Gasteiger partial charge in [0.2, 0.25) is 0 Å². The standard InChI is InChI=1S/C22H29N7O3/c23-15-2-1-9-29(14-15)19-8-7-18(20(24)30)21(26-19)25-16-3-5-17(6-4-16)27-10-12-28(13-11-27)22(31)32/h3-8,15H,1-2,9-14,23H2,(H2,24,30)(H,25,26)(H,31,32). The van der Waals surface area contributed by atoms with E-state index in [4.69, 9.17) is 16.6 Å². The normalized spacial score (nSPS) is 19.0. The summed E-state index contributed by atoms with van der Waals surface area (Å²) in [5.74, 6) is 0.632. The van der Waals surface area contributed by atoms with E-state index >= 15 is 0 Å². The molecule has 32 heavy (non-hydrogen) atoms. The van der Waals surface area contributed by atoms with E-state index in [0.717, 1.165) is 43.1 Å². The van der Waals surface area contributed by atoms with Gasteiger partial charge in [-0.05, 0) is 49.2 Å². The van der Waals surface area contributed by atoms with Gasteiger partial charge in [-0.3, -0.25) is 4.79 Å².